The number of amides is 2. The van der Waals surface area contributed by atoms with Gasteiger partial charge in [-0.3, -0.25) is 4.79 Å². The van der Waals surface area contributed by atoms with Gasteiger partial charge >= 0.3 is 6.09 Å². The lowest BCUT2D eigenvalue weighted by atomic mass is 10.0. The van der Waals surface area contributed by atoms with Crippen LogP contribution in [0, 0.1) is 6.92 Å². The zero-order chi connectivity index (χ0) is 18.6. The number of H-pyrrole nitrogens is 1. The van der Waals surface area contributed by atoms with E-state index in [1.807, 2.05) is 6.92 Å². The topological polar surface area (TPSA) is 83.7 Å². The molecule has 1 fully saturated rings. The van der Waals surface area contributed by atoms with E-state index in [4.69, 9.17) is 21.1 Å². The van der Waals surface area contributed by atoms with E-state index in [1.54, 1.807) is 18.7 Å². The number of halogens is 2. The van der Waals surface area contributed by atoms with Gasteiger partial charge < -0.3 is 24.7 Å². The predicted molar refractivity (Wildman–Crippen MR) is 98.1 cm³/mol. The Morgan fingerprint density at radius 2 is 2.12 bits per heavy atom. The smallest absolute Gasteiger partial charge is 0.409 e. The van der Waals surface area contributed by atoms with Gasteiger partial charge in [-0.1, -0.05) is 11.6 Å². The minimum Gasteiger partial charge on any atom is -0.450 e. The van der Waals surface area contributed by atoms with Gasteiger partial charge in [0.25, 0.3) is 5.91 Å². The number of carbonyl (C=O) groups is 2. The molecule has 1 aliphatic heterocycles. The third-order valence-electron chi connectivity index (χ3n) is 4.06. The molecule has 2 N–H and O–H groups in total. The van der Waals surface area contributed by atoms with E-state index < -0.39 is 0 Å². The maximum absolute atomic E-state index is 12.6. The number of hydrogen-bond donors (Lipinski definition) is 2. The molecule has 2 amide bonds. The third-order valence-corrected chi connectivity index (χ3v) is 5.56. The maximum atomic E-state index is 12.6. The summed E-state index contributed by atoms with van der Waals surface area (Å²) in [5, 5.41) is 3.47. The first-order chi connectivity index (χ1) is 11.9. The number of nitrogens with zero attached hydrogens (tertiary/aromatic N) is 1. The van der Waals surface area contributed by atoms with Crippen LogP contribution in [0.3, 0.4) is 0 Å². The number of carbonyl (C=O) groups excluding carboxylic acids is 2. The summed E-state index contributed by atoms with van der Waals surface area (Å²) in [7, 11) is 0. The number of aryl methyl sites for hydroxylation is 1. The second-order valence-corrected chi connectivity index (χ2v) is 6.93. The third kappa shape index (κ3) is 4.68. The van der Waals surface area contributed by atoms with Gasteiger partial charge in [-0.25, -0.2) is 4.79 Å². The van der Waals surface area contributed by atoms with Crippen molar-refractivity contribution >= 4 is 39.5 Å². The SMILES string of the molecule is CCOC(=O)N1CC[C@@H](NC(=O)c2[nH]c(C)c(Cl)c2Br)[C@@H](OCC)C1. The van der Waals surface area contributed by atoms with Gasteiger partial charge in [-0.05, 0) is 43.1 Å². The molecule has 0 aromatic carbocycles. The fraction of sp³-hybridized carbons (Fsp3) is 0.625. The van der Waals surface area contributed by atoms with Gasteiger partial charge in [0, 0.05) is 18.8 Å². The Balaban J connectivity index is 2.06. The van der Waals surface area contributed by atoms with Crippen molar-refractivity contribution < 1.29 is 19.1 Å². The van der Waals surface area contributed by atoms with Crippen LogP contribution >= 0.6 is 27.5 Å². The summed E-state index contributed by atoms with van der Waals surface area (Å²) in [6.07, 6.45) is -0.0656. The molecular weight excluding hydrogens is 414 g/mol. The number of aromatic nitrogens is 1. The highest BCUT2D eigenvalue weighted by molar-refractivity contribution is 9.10. The van der Waals surface area contributed by atoms with Gasteiger partial charge in [-0.15, -0.1) is 0 Å². The average molecular weight is 437 g/mol. The second-order valence-electron chi connectivity index (χ2n) is 5.76. The minimum atomic E-state index is -0.355. The Bertz CT molecular complexity index is 637. The standard InChI is InChI=1S/C16H23BrClN3O4/c1-4-24-11-8-21(16(23)25-5-2)7-6-10(11)20-15(22)14-12(17)13(18)9(3)19-14/h10-11,19H,4-8H2,1-3H3,(H,20,22)/t10-,11+/m1/s1. The van der Waals surface area contributed by atoms with Gasteiger partial charge in [0.2, 0.25) is 0 Å². The van der Waals surface area contributed by atoms with E-state index in [9.17, 15) is 9.59 Å². The summed E-state index contributed by atoms with van der Waals surface area (Å²) in [5.41, 5.74) is 1.10. The predicted octanol–water partition coefficient (Wildman–Crippen LogP) is 3.10. The summed E-state index contributed by atoms with van der Waals surface area (Å²) in [6.45, 7) is 7.15. The van der Waals surface area contributed by atoms with Gasteiger partial charge in [0.15, 0.2) is 0 Å². The molecule has 1 aromatic heterocycles. The molecule has 0 bridgehead atoms. The van der Waals surface area contributed by atoms with Crippen molar-refractivity contribution in [3.8, 4) is 0 Å². The summed E-state index contributed by atoms with van der Waals surface area (Å²) in [6, 6.07) is -0.201. The van der Waals surface area contributed by atoms with Crippen LogP contribution in [0.25, 0.3) is 0 Å². The summed E-state index contributed by atoms with van der Waals surface area (Å²) in [5.74, 6) is -0.263. The first kappa shape index (κ1) is 20.1. The molecule has 1 saturated heterocycles. The Labute approximate surface area is 160 Å². The van der Waals surface area contributed by atoms with Crippen molar-refractivity contribution in [2.24, 2.45) is 0 Å². The zero-order valence-corrected chi connectivity index (χ0v) is 16.9. The quantitative estimate of drug-likeness (QED) is 0.743. The van der Waals surface area contributed by atoms with E-state index >= 15 is 0 Å². The molecule has 2 rings (SSSR count). The molecule has 25 heavy (non-hydrogen) atoms. The van der Waals surface area contributed by atoms with Gasteiger partial charge in [-0.2, -0.15) is 0 Å². The molecule has 0 aliphatic carbocycles. The summed E-state index contributed by atoms with van der Waals surface area (Å²) >= 11 is 9.44. The Morgan fingerprint density at radius 1 is 1.40 bits per heavy atom. The molecule has 140 valence electrons. The van der Waals surface area contributed by atoms with E-state index in [0.29, 0.717) is 47.9 Å². The number of aromatic amines is 1. The van der Waals surface area contributed by atoms with E-state index in [2.05, 4.69) is 26.2 Å². The van der Waals surface area contributed by atoms with Crippen LogP contribution < -0.4 is 5.32 Å². The van der Waals surface area contributed by atoms with E-state index in [0.717, 1.165) is 5.69 Å². The molecule has 0 spiro atoms. The molecule has 1 aliphatic rings. The number of likely N-dealkylation sites (tertiary alicyclic amines) is 1. The molecule has 2 atom stereocenters. The largest absolute Gasteiger partial charge is 0.450 e. The highest BCUT2D eigenvalue weighted by atomic mass is 79.9. The first-order valence-electron chi connectivity index (χ1n) is 8.26. The number of nitrogens with one attached hydrogen (secondary N) is 2. The van der Waals surface area contributed by atoms with Crippen molar-refractivity contribution in [3.05, 3.63) is 20.9 Å². The fourth-order valence-corrected chi connectivity index (χ4v) is 3.53. The number of hydrogen-bond acceptors (Lipinski definition) is 4. The van der Waals surface area contributed by atoms with Crippen molar-refractivity contribution in [1.82, 2.24) is 15.2 Å². The molecule has 1 aromatic rings. The highest BCUT2D eigenvalue weighted by Gasteiger charge is 2.34. The molecule has 7 nitrogen and oxygen atoms in total. The lowest BCUT2D eigenvalue weighted by molar-refractivity contribution is -0.0151. The lowest BCUT2D eigenvalue weighted by Gasteiger charge is -2.37. The molecule has 9 heteroatoms. The van der Waals surface area contributed by atoms with Crippen LogP contribution in [-0.4, -0.2) is 60.3 Å². The number of piperidine rings is 1. The molecular formula is C16H23BrClN3O4. The van der Waals surface area contributed by atoms with Gasteiger partial charge in [0.05, 0.1) is 34.8 Å². The molecule has 0 unspecified atom stereocenters. The monoisotopic (exact) mass is 435 g/mol. The van der Waals surface area contributed by atoms with Crippen molar-refractivity contribution in [2.45, 2.75) is 39.3 Å². The maximum Gasteiger partial charge on any atom is 0.409 e. The van der Waals surface area contributed by atoms with Crippen LogP contribution in [0.4, 0.5) is 4.79 Å². The van der Waals surface area contributed by atoms with Crippen LogP contribution in [0.1, 0.15) is 36.5 Å². The zero-order valence-electron chi connectivity index (χ0n) is 14.5. The Hall–Kier alpha value is -1.25. The Kier molecular flexibility index (Phi) is 7.15. The minimum absolute atomic E-state index is 0.201. The number of rotatable bonds is 5. The summed E-state index contributed by atoms with van der Waals surface area (Å²) in [4.78, 5) is 29.1. The van der Waals surface area contributed by atoms with Crippen molar-refractivity contribution in [2.75, 3.05) is 26.3 Å². The van der Waals surface area contributed by atoms with E-state index in [-0.39, 0.29) is 24.1 Å². The van der Waals surface area contributed by atoms with E-state index in [1.165, 1.54) is 0 Å². The Morgan fingerprint density at radius 3 is 2.68 bits per heavy atom. The normalized spacial score (nSPS) is 20.4. The fourth-order valence-electron chi connectivity index (χ4n) is 2.81. The molecule has 0 radical (unpaired) electrons. The average Bonchev–Trinajstić information content (AvgIpc) is 2.84. The molecule has 2 heterocycles. The van der Waals surface area contributed by atoms with Crippen LogP contribution in [0.5, 0.6) is 0 Å². The lowest BCUT2D eigenvalue weighted by Crippen LogP contribution is -2.56. The van der Waals surface area contributed by atoms with Crippen LogP contribution in [0.2, 0.25) is 5.02 Å². The first-order valence-corrected chi connectivity index (χ1v) is 9.43. The number of ether oxygens (including phenoxy) is 2. The van der Waals surface area contributed by atoms with Gasteiger partial charge in [0.1, 0.15) is 5.69 Å². The summed E-state index contributed by atoms with van der Waals surface area (Å²) < 4.78 is 11.3. The van der Waals surface area contributed by atoms with Crippen LogP contribution in [-0.2, 0) is 9.47 Å². The van der Waals surface area contributed by atoms with Crippen molar-refractivity contribution in [1.29, 1.82) is 0 Å². The van der Waals surface area contributed by atoms with Crippen LogP contribution in [0.15, 0.2) is 4.47 Å². The van der Waals surface area contributed by atoms with Crippen molar-refractivity contribution in [3.63, 3.8) is 0 Å². The highest BCUT2D eigenvalue weighted by Crippen LogP contribution is 2.29. The molecule has 0 saturated carbocycles. The second kappa shape index (κ2) is 8.91.